The third kappa shape index (κ3) is 5.07. The van der Waals surface area contributed by atoms with E-state index in [1.54, 1.807) is 0 Å². The van der Waals surface area contributed by atoms with Crippen molar-refractivity contribution in [1.82, 2.24) is 10.2 Å². The van der Waals surface area contributed by atoms with E-state index in [-0.39, 0.29) is 50.5 Å². The summed E-state index contributed by atoms with van der Waals surface area (Å²) in [5, 5.41) is 12.1. The Balaban J connectivity index is 1.30. The first-order valence-corrected chi connectivity index (χ1v) is 11.7. The molecule has 2 atom stereocenters. The molecule has 4 rings (SSSR count). The second-order valence-electron chi connectivity index (χ2n) is 8.70. The molecule has 1 aliphatic heterocycles. The monoisotopic (exact) mass is 466 g/mol. The van der Waals surface area contributed by atoms with Crippen molar-refractivity contribution in [3.05, 3.63) is 59.7 Å². The van der Waals surface area contributed by atoms with Gasteiger partial charge >= 0.3 is 12.1 Å². The molecule has 1 aliphatic carbocycles. The maximum absolute atomic E-state index is 12.7. The third-order valence-corrected chi connectivity index (χ3v) is 6.65. The summed E-state index contributed by atoms with van der Waals surface area (Å²) >= 11 is 0. The second-order valence-corrected chi connectivity index (χ2v) is 8.70. The molecule has 2 aromatic rings. The number of ether oxygens (including phenoxy) is 2. The SMILES string of the molecule is CCC(CNC(=O)OCC1c2ccccc2-c2ccccc21)CC(=O)N1CCOCC1C(=O)O. The van der Waals surface area contributed by atoms with E-state index in [0.717, 1.165) is 11.1 Å². The lowest BCUT2D eigenvalue weighted by Crippen LogP contribution is -2.53. The van der Waals surface area contributed by atoms with Gasteiger partial charge in [-0.3, -0.25) is 4.79 Å². The molecule has 0 aromatic heterocycles. The standard InChI is InChI=1S/C26H30N2O6/c1-2-17(13-24(29)28-11-12-33-16-23(28)25(30)31)14-27-26(32)34-15-22-20-9-5-3-7-18(20)19-8-4-6-10-21(19)22/h3-10,17,22-23H,2,11-16H2,1H3,(H,27,32)(H,30,31). The number of amides is 2. The summed E-state index contributed by atoms with van der Waals surface area (Å²) < 4.78 is 10.8. The molecule has 1 heterocycles. The van der Waals surface area contributed by atoms with Gasteiger partial charge in [0.2, 0.25) is 5.91 Å². The molecule has 1 fully saturated rings. The van der Waals surface area contributed by atoms with Gasteiger partial charge in [0, 0.05) is 25.4 Å². The molecule has 8 heteroatoms. The summed E-state index contributed by atoms with van der Waals surface area (Å²) in [6, 6.07) is 15.3. The van der Waals surface area contributed by atoms with E-state index in [4.69, 9.17) is 9.47 Å². The Morgan fingerprint density at radius 1 is 1.12 bits per heavy atom. The van der Waals surface area contributed by atoms with Crippen LogP contribution in [0.15, 0.2) is 48.5 Å². The van der Waals surface area contributed by atoms with Crippen LogP contribution in [-0.2, 0) is 19.1 Å². The number of nitrogens with zero attached hydrogens (tertiary/aromatic N) is 1. The minimum Gasteiger partial charge on any atom is -0.480 e. The average Bonchev–Trinajstić information content (AvgIpc) is 3.18. The van der Waals surface area contributed by atoms with Crippen LogP contribution in [0.1, 0.15) is 36.8 Å². The molecule has 180 valence electrons. The van der Waals surface area contributed by atoms with E-state index in [1.807, 2.05) is 31.2 Å². The minimum absolute atomic E-state index is 0.00410. The maximum atomic E-state index is 12.7. The lowest BCUT2D eigenvalue weighted by molar-refractivity contribution is -0.158. The van der Waals surface area contributed by atoms with Crippen LogP contribution in [-0.4, -0.2) is 66.9 Å². The molecule has 2 amide bonds. The number of hydrogen-bond donors (Lipinski definition) is 2. The molecule has 1 saturated heterocycles. The lowest BCUT2D eigenvalue weighted by atomic mass is 9.98. The number of rotatable bonds is 8. The number of carbonyl (C=O) groups is 3. The number of carboxylic acids is 1. The van der Waals surface area contributed by atoms with Gasteiger partial charge < -0.3 is 24.8 Å². The highest BCUT2D eigenvalue weighted by atomic mass is 16.5. The Morgan fingerprint density at radius 3 is 2.38 bits per heavy atom. The lowest BCUT2D eigenvalue weighted by Gasteiger charge is -2.33. The minimum atomic E-state index is -1.07. The summed E-state index contributed by atoms with van der Waals surface area (Å²) in [5.41, 5.74) is 4.62. The number of fused-ring (bicyclic) bond motifs is 3. The Labute approximate surface area is 198 Å². The van der Waals surface area contributed by atoms with Crippen LogP contribution in [0.3, 0.4) is 0 Å². The van der Waals surface area contributed by atoms with Crippen molar-refractivity contribution in [2.24, 2.45) is 5.92 Å². The van der Waals surface area contributed by atoms with Crippen molar-refractivity contribution in [3.63, 3.8) is 0 Å². The van der Waals surface area contributed by atoms with Crippen molar-refractivity contribution in [2.45, 2.75) is 31.7 Å². The number of carbonyl (C=O) groups excluding carboxylic acids is 2. The Hall–Kier alpha value is -3.39. The van der Waals surface area contributed by atoms with E-state index in [1.165, 1.54) is 16.0 Å². The van der Waals surface area contributed by atoms with Crippen LogP contribution in [0.5, 0.6) is 0 Å². The van der Waals surface area contributed by atoms with Crippen LogP contribution < -0.4 is 5.32 Å². The number of aliphatic carboxylic acids is 1. The summed E-state index contributed by atoms with van der Waals surface area (Å²) in [6.07, 6.45) is 0.295. The number of nitrogens with one attached hydrogen (secondary N) is 1. The maximum Gasteiger partial charge on any atom is 0.407 e. The predicted octanol–water partition coefficient (Wildman–Crippen LogP) is 3.25. The fourth-order valence-corrected chi connectivity index (χ4v) is 4.71. The number of alkyl carbamates (subject to hydrolysis) is 1. The van der Waals surface area contributed by atoms with Gasteiger partial charge in [-0.2, -0.15) is 0 Å². The molecule has 2 unspecified atom stereocenters. The second kappa shape index (κ2) is 10.7. The van der Waals surface area contributed by atoms with Gasteiger partial charge in [-0.05, 0) is 28.2 Å². The molecule has 34 heavy (non-hydrogen) atoms. The van der Waals surface area contributed by atoms with E-state index in [0.29, 0.717) is 13.0 Å². The van der Waals surface area contributed by atoms with Gasteiger partial charge in [-0.1, -0.05) is 61.9 Å². The van der Waals surface area contributed by atoms with Crippen LogP contribution in [0.2, 0.25) is 0 Å². The van der Waals surface area contributed by atoms with Gasteiger partial charge in [0.05, 0.1) is 13.2 Å². The first-order valence-electron chi connectivity index (χ1n) is 11.7. The zero-order valence-corrected chi connectivity index (χ0v) is 19.2. The summed E-state index contributed by atoms with van der Waals surface area (Å²) in [5.74, 6) is -1.45. The van der Waals surface area contributed by atoms with Crippen molar-refractivity contribution in [1.29, 1.82) is 0 Å². The fraction of sp³-hybridized carbons (Fsp3) is 0.423. The molecule has 8 nitrogen and oxygen atoms in total. The number of hydrogen-bond acceptors (Lipinski definition) is 5. The van der Waals surface area contributed by atoms with Crippen molar-refractivity contribution >= 4 is 18.0 Å². The summed E-state index contributed by atoms with van der Waals surface area (Å²) in [4.78, 5) is 38.0. The van der Waals surface area contributed by atoms with Crippen LogP contribution in [0, 0.1) is 5.92 Å². The highest BCUT2D eigenvalue weighted by molar-refractivity contribution is 5.84. The van der Waals surface area contributed by atoms with E-state index < -0.39 is 18.1 Å². The van der Waals surface area contributed by atoms with Crippen molar-refractivity contribution in [2.75, 3.05) is 32.9 Å². The van der Waals surface area contributed by atoms with Crippen LogP contribution in [0.4, 0.5) is 4.79 Å². The van der Waals surface area contributed by atoms with E-state index >= 15 is 0 Å². The highest BCUT2D eigenvalue weighted by Crippen LogP contribution is 2.44. The summed E-state index contributed by atoms with van der Waals surface area (Å²) in [7, 11) is 0. The molecule has 2 N–H and O–H groups in total. The van der Waals surface area contributed by atoms with Crippen molar-refractivity contribution < 1.29 is 29.0 Å². The Bertz CT molecular complexity index is 1010. The molecular formula is C26H30N2O6. The highest BCUT2D eigenvalue weighted by Gasteiger charge is 2.33. The van der Waals surface area contributed by atoms with E-state index in [2.05, 4.69) is 29.6 Å². The number of benzene rings is 2. The molecular weight excluding hydrogens is 436 g/mol. The first-order chi connectivity index (χ1) is 16.5. The van der Waals surface area contributed by atoms with Gasteiger partial charge in [0.15, 0.2) is 6.04 Å². The zero-order valence-electron chi connectivity index (χ0n) is 19.2. The normalized spacial score (nSPS) is 18.0. The zero-order chi connectivity index (χ0) is 24.1. The van der Waals surface area contributed by atoms with Crippen molar-refractivity contribution in [3.8, 4) is 11.1 Å². The van der Waals surface area contributed by atoms with E-state index in [9.17, 15) is 19.5 Å². The third-order valence-electron chi connectivity index (χ3n) is 6.65. The van der Waals surface area contributed by atoms with Gasteiger partial charge in [0.1, 0.15) is 6.61 Å². The molecule has 2 aromatic carbocycles. The van der Waals surface area contributed by atoms with Gasteiger partial charge in [-0.15, -0.1) is 0 Å². The fourth-order valence-electron chi connectivity index (χ4n) is 4.71. The molecule has 0 saturated carbocycles. The van der Waals surface area contributed by atoms with Crippen LogP contribution >= 0.6 is 0 Å². The predicted molar refractivity (Wildman–Crippen MR) is 125 cm³/mol. The largest absolute Gasteiger partial charge is 0.480 e. The van der Waals surface area contributed by atoms with Crippen LogP contribution in [0.25, 0.3) is 11.1 Å². The molecule has 0 radical (unpaired) electrons. The van der Waals surface area contributed by atoms with Gasteiger partial charge in [0.25, 0.3) is 0 Å². The topological polar surface area (TPSA) is 105 Å². The smallest absolute Gasteiger partial charge is 0.407 e. The molecule has 0 spiro atoms. The molecule has 2 aliphatic rings. The number of carboxylic acid groups (broad SMARTS) is 1. The first kappa shape index (κ1) is 23.8. The number of morpholine rings is 1. The average molecular weight is 467 g/mol. The molecule has 0 bridgehead atoms. The summed E-state index contributed by atoms with van der Waals surface area (Å²) in [6.45, 7) is 3.02. The quantitative estimate of drug-likeness (QED) is 0.619. The Morgan fingerprint density at radius 2 is 1.76 bits per heavy atom. The Kier molecular flexibility index (Phi) is 7.47. The van der Waals surface area contributed by atoms with Gasteiger partial charge in [-0.25, -0.2) is 9.59 Å².